The third-order valence-electron chi connectivity index (χ3n) is 2.92. The number of methoxy groups -OCH3 is 1. The minimum absolute atomic E-state index is 0.144. The highest BCUT2D eigenvalue weighted by Crippen LogP contribution is 2.46. The SMILES string of the molecule is CC.CCN(CC(C)(F)F)CC1(COC)CC1. The number of nitrogens with zero attached hydrogens (tertiary/aromatic N) is 1. The summed E-state index contributed by atoms with van der Waals surface area (Å²) in [5.74, 6) is -2.60. The fraction of sp³-hybridized carbons (Fsp3) is 1.00. The molecule has 1 aliphatic rings. The van der Waals surface area contributed by atoms with Crippen LogP contribution in [0.2, 0.25) is 0 Å². The van der Waals surface area contributed by atoms with Crippen LogP contribution in [0.3, 0.4) is 0 Å². The lowest BCUT2D eigenvalue weighted by Gasteiger charge is -2.28. The number of hydrogen-bond donors (Lipinski definition) is 0. The fourth-order valence-electron chi connectivity index (χ4n) is 1.98. The van der Waals surface area contributed by atoms with Crippen molar-refractivity contribution in [1.82, 2.24) is 4.90 Å². The van der Waals surface area contributed by atoms with Crippen molar-refractivity contribution in [2.75, 3.05) is 33.4 Å². The zero-order valence-electron chi connectivity index (χ0n) is 11.9. The molecule has 0 spiro atoms. The number of rotatable bonds is 7. The van der Waals surface area contributed by atoms with Gasteiger partial charge in [-0.15, -0.1) is 0 Å². The Balaban J connectivity index is 0.00000121. The lowest BCUT2D eigenvalue weighted by Crippen LogP contribution is -2.39. The second kappa shape index (κ2) is 7.27. The maximum Gasteiger partial charge on any atom is 0.257 e. The Hall–Kier alpha value is -0.220. The van der Waals surface area contributed by atoms with E-state index in [2.05, 4.69) is 0 Å². The lowest BCUT2D eigenvalue weighted by atomic mass is 10.1. The molecule has 1 fully saturated rings. The Morgan fingerprint density at radius 1 is 1.29 bits per heavy atom. The van der Waals surface area contributed by atoms with E-state index in [1.807, 2.05) is 25.7 Å². The van der Waals surface area contributed by atoms with Crippen LogP contribution >= 0.6 is 0 Å². The number of halogens is 2. The Labute approximate surface area is 104 Å². The van der Waals surface area contributed by atoms with Gasteiger partial charge in [0, 0.05) is 26.0 Å². The molecule has 0 aromatic heterocycles. The molecule has 0 aliphatic heterocycles. The molecule has 1 saturated carbocycles. The van der Waals surface area contributed by atoms with Crippen LogP contribution in [-0.4, -0.2) is 44.2 Å². The second-order valence-corrected chi connectivity index (χ2v) is 4.81. The molecule has 0 aromatic carbocycles. The molecule has 1 rings (SSSR count). The van der Waals surface area contributed by atoms with Crippen molar-refractivity contribution in [2.24, 2.45) is 5.41 Å². The quantitative estimate of drug-likeness (QED) is 0.687. The molecular weight excluding hydrogens is 224 g/mol. The smallest absolute Gasteiger partial charge is 0.257 e. The first-order chi connectivity index (χ1) is 7.91. The van der Waals surface area contributed by atoms with Gasteiger partial charge in [-0.1, -0.05) is 20.8 Å². The highest BCUT2D eigenvalue weighted by molar-refractivity contribution is 4.95. The zero-order chi connectivity index (χ0) is 13.5. The molecule has 0 saturated heterocycles. The average molecular weight is 251 g/mol. The van der Waals surface area contributed by atoms with Crippen LogP contribution < -0.4 is 0 Å². The van der Waals surface area contributed by atoms with Gasteiger partial charge >= 0.3 is 0 Å². The summed E-state index contributed by atoms with van der Waals surface area (Å²) < 4.78 is 30.9. The predicted octanol–water partition coefficient (Wildman–Crippen LogP) is 3.42. The standard InChI is InChI=1S/C11H21F2NO.C2H6/c1-4-14(7-10(2,12)13)8-11(5-6-11)9-15-3;1-2/h4-9H2,1-3H3;1-2H3. The fourth-order valence-corrected chi connectivity index (χ4v) is 1.98. The van der Waals surface area contributed by atoms with Crippen LogP contribution in [-0.2, 0) is 4.74 Å². The maximum atomic E-state index is 12.9. The molecule has 2 nitrogen and oxygen atoms in total. The van der Waals surface area contributed by atoms with Crippen LogP contribution in [0.25, 0.3) is 0 Å². The first kappa shape index (κ1) is 16.8. The normalized spacial score (nSPS) is 17.6. The van der Waals surface area contributed by atoms with Crippen molar-refractivity contribution in [3.05, 3.63) is 0 Å². The maximum absolute atomic E-state index is 12.9. The Morgan fingerprint density at radius 2 is 1.82 bits per heavy atom. The van der Waals surface area contributed by atoms with Gasteiger partial charge in [-0.2, -0.15) is 0 Å². The molecule has 17 heavy (non-hydrogen) atoms. The van der Waals surface area contributed by atoms with Crippen LogP contribution in [0.5, 0.6) is 0 Å². The molecule has 1 aliphatic carbocycles. The van der Waals surface area contributed by atoms with E-state index in [-0.39, 0.29) is 12.0 Å². The highest BCUT2D eigenvalue weighted by atomic mass is 19.3. The van der Waals surface area contributed by atoms with E-state index in [0.29, 0.717) is 13.2 Å². The number of alkyl halides is 2. The monoisotopic (exact) mass is 251 g/mol. The average Bonchev–Trinajstić information content (AvgIpc) is 2.98. The van der Waals surface area contributed by atoms with Crippen molar-refractivity contribution >= 4 is 0 Å². The highest BCUT2D eigenvalue weighted by Gasteiger charge is 2.44. The van der Waals surface area contributed by atoms with E-state index in [0.717, 1.165) is 26.3 Å². The summed E-state index contributed by atoms with van der Waals surface area (Å²) in [6, 6.07) is 0. The second-order valence-electron chi connectivity index (χ2n) is 4.81. The van der Waals surface area contributed by atoms with E-state index in [1.54, 1.807) is 7.11 Å². The summed E-state index contributed by atoms with van der Waals surface area (Å²) in [6.07, 6.45) is 2.21. The molecule has 104 valence electrons. The first-order valence-electron chi connectivity index (χ1n) is 6.50. The van der Waals surface area contributed by atoms with Gasteiger partial charge < -0.3 is 4.74 Å². The Kier molecular flexibility index (Phi) is 7.17. The molecule has 0 radical (unpaired) electrons. The third-order valence-corrected chi connectivity index (χ3v) is 2.92. The third kappa shape index (κ3) is 6.94. The molecule has 0 heterocycles. The Morgan fingerprint density at radius 3 is 2.12 bits per heavy atom. The predicted molar refractivity (Wildman–Crippen MR) is 67.6 cm³/mol. The molecule has 0 N–H and O–H groups in total. The van der Waals surface area contributed by atoms with Crippen molar-refractivity contribution < 1.29 is 13.5 Å². The molecule has 0 bridgehead atoms. The van der Waals surface area contributed by atoms with Crippen LogP contribution in [0.15, 0.2) is 0 Å². The van der Waals surface area contributed by atoms with Crippen molar-refractivity contribution in [3.8, 4) is 0 Å². The van der Waals surface area contributed by atoms with E-state index in [4.69, 9.17) is 4.74 Å². The van der Waals surface area contributed by atoms with Gasteiger partial charge in [0.1, 0.15) is 0 Å². The summed E-state index contributed by atoms with van der Waals surface area (Å²) in [5, 5.41) is 0. The van der Waals surface area contributed by atoms with Gasteiger partial charge in [-0.3, -0.25) is 4.90 Å². The van der Waals surface area contributed by atoms with Gasteiger partial charge in [0.25, 0.3) is 5.92 Å². The van der Waals surface area contributed by atoms with Crippen LogP contribution in [0.4, 0.5) is 8.78 Å². The molecule has 4 heteroatoms. The largest absolute Gasteiger partial charge is 0.384 e. The van der Waals surface area contributed by atoms with Crippen molar-refractivity contribution in [2.45, 2.75) is 46.5 Å². The topological polar surface area (TPSA) is 12.5 Å². The van der Waals surface area contributed by atoms with Gasteiger partial charge in [0.2, 0.25) is 0 Å². The minimum atomic E-state index is -2.60. The van der Waals surface area contributed by atoms with Crippen LogP contribution in [0.1, 0.15) is 40.5 Å². The van der Waals surface area contributed by atoms with E-state index >= 15 is 0 Å². The minimum Gasteiger partial charge on any atom is -0.384 e. The van der Waals surface area contributed by atoms with Gasteiger partial charge in [0.05, 0.1) is 13.2 Å². The van der Waals surface area contributed by atoms with Gasteiger partial charge in [-0.25, -0.2) is 8.78 Å². The van der Waals surface area contributed by atoms with Gasteiger partial charge in [0.15, 0.2) is 0 Å². The number of hydrogen-bond acceptors (Lipinski definition) is 2. The summed E-state index contributed by atoms with van der Waals surface area (Å²) in [4.78, 5) is 1.83. The van der Waals surface area contributed by atoms with Crippen molar-refractivity contribution in [1.29, 1.82) is 0 Å². The van der Waals surface area contributed by atoms with Crippen molar-refractivity contribution in [3.63, 3.8) is 0 Å². The summed E-state index contributed by atoms with van der Waals surface area (Å²) >= 11 is 0. The Bertz CT molecular complexity index is 200. The zero-order valence-corrected chi connectivity index (χ0v) is 11.9. The first-order valence-corrected chi connectivity index (χ1v) is 6.50. The summed E-state index contributed by atoms with van der Waals surface area (Å²) in [6.45, 7) is 8.86. The molecular formula is C13H27F2NO. The molecule has 0 aromatic rings. The summed E-state index contributed by atoms with van der Waals surface area (Å²) in [5.41, 5.74) is 0.163. The number of ether oxygens (including phenoxy) is 1. The van der Waals surface area contributed by atoms with Gasteiger partial charge in [-0.05, 0) is 19.4 Å². The van der Waals surface area contributed by atoms with E-state index in [9.17, 15) is 8.78 Å². The molecule has 0 amide bonds. The van der Waals surface area contributed by atoms with E-state index in [1.165, 1.54) is 0 Å². The van der Waals surface area contributed by atoms with E-state index < -0.39 is 5.92 Å². The molecule has 0 atom stereocenters. The van der Waals surface area contributed by atoms with Crippen LogP contribution in [0, 0.1) is 5.41 Å². The summed E-state index contributed by atoms with van der Waals surface area (Å²) in [7, 11) is 1.67. The lowest BCUT2D eigenvalue weighted by molar-refractivity contribution is -0.0214. The molecule has 0 unspecified atom stereocenters.